The van der Waals surface area contributed by atoms with Gasteiger partial charge in [-0.2, -0.15) is 0 Å². The SMILES string of the molecule is Cc1cc(Br)c2c(c1C)C(=O)CCC2. The number of Topliss-reactive ketones (excluding diaryl/α,β-unsaturated/α-hetero) is 1. The lowest BCUT2D eigenvalue weighted by molar-refractivity contribution is 0.0971. The van der Waals surface area contributed by atoms with Gasteiger partial charge in [0.2, 0.25) is 0 Å². The number of hydrogen-bond acceptors (Lipinski definition) is 1. The smallest absolute Gasteiger partial charge is 0.163 e. The normalized spacial score (nSPS) is 15.5. The van der Waals surface area contributed by atoms with E-state index in [9.17, 15) is 4.79 Å². The molecular weight excluding hydrogens is 240 g/mol. The summed E-state index contributed by atoms with van der Waals surface area (Å²) in [4.78, 5) is 11.8. The van der Waals surface area contributed by atoms with Crippen LogP contribution in [0.15, 0.2) is 10.5 Å². The molecule has 1 aromatic carbocycles. The number of halogens is 1. The highest BCUT2D eigenvalue weighted by atomic mass is 79.9. The highest BCUT2D eigenvalue weighted by Gasteiger charge is 2.22. The van der Waals surface area contributed by atoms with Gasteiger partial charge in [0, 0.05) is 16.5 Å². The van der Waals surface area contributed by atoms with Crippen molar-refractivity contribution in [3.05, 3.63) is 32.8 Å². The molecule has 2 rings (SSSR count). The second kappa shape index (κ2) is 3.50. The van der Waals surface area contributed by atoms with Crippen molar-refractivity contribution in [2.75, 3.05) is 0 Å². The molecule has 0 radical (unpaired) electrons. The van der Waals surface area contributed by atoms with Crippen LogP contribution in [0.5, 0.6) is 0 Å². The van der Waals surface area contributed by atoms with Crippen LogP contribution in [0.2, 0.25) is 0 Å². The molecule has 0 aliphatic heterocycles. The lowest BCUT2D eigenvalue weighted by atomic mass is 9.86. The van der Waals surface area contributed by atoms with Gasteiger partial charge in [-0.1, -0.05) is 15.9 Å². The summed E-state index contributed by atoms with van der Waals surface area (Å²) in [5.74, 6) is 0.313. The fourth-order valence-corrected chi connectivity index (χ4v) is 2.84. The molecule has 0 fully saturated rings. The van der Waals surface area contributed by atoms with Crippen molar-refractivity contribution in [2.45, 2.75) is 33.1 Å². The van der Waals surface area contributed by atoms with Crippen LogP contribution in [-0.2, 0) is 6.42 Å². The number of aryl methyl sites for hydroxylation is 1. The minimum Gasteiger partial charge on any atom is -0.294 e. The maximum atomic E-state index is 11.8. The third kappa shape index (κ3) is 1.42. The van der Waals surface area contributed by atoms with Gasteiger partial charge in [-0.05, 0) is 49.4 Å². The fourth-order valence-electron chi connectivity index (χ4n) is 2.10. The Morgan fingerprint density at radius 1 is 1.29 bits per heavy atom. The van der Waals surface area contributed by atoms with E-state index in [1.54, 1.807) is 0 Å². The van der Waals surface area contributed by atoms with Gasteiger partial charge in [0.1, 0.15) is 0 Å². The van der Waals surface area contributed by atoms with E-state index >= 15 is 0 Å². The van der Waals surface area contributed by atoms with Crippen LogP contribution >= 0.6 is 15.9 Å². The zero-order valence-corrected chi connectivity index (χ0v) is 10.1. The average molecular weight is 253 g/mol. The molecule has 74 valence electrons. The van der Waals surface area contributed by atoms with Crippen LogP contribution in [0.4, 0.5) is 0 Å². The third-order valence-electron chi connectivity index (χ3n) is 3.01. The number of rotatable bonds is 0. The summed E-state index contributed by atoms with van der Waals surface area (Å²) >= 11 is 3.54. The second-order valence-electron chi connectivity index (χ2n) is 3.93. The summed E-state index contributed by atoms with van der Waals surface area (Å²) in [5.41, 5.74) is 4.55. The van der Waals surface area contributed by atoms with Crippen LogP contribution in [0.25, 0.3) is 0 Å². The summed E-state index contributed by atoms with van der Waals surface area (Å²) in [6, 6.07) is 2.12. The highest BCUT2D eigenvalue weighted by molar-refractivity contribution is 9.10. The molecule has 1 aliphatic carbocycles. The van der Waals surface area contributed by atoms with Gasteiger partial charge in [0.15, 0.2) is 5.78 Å². The van der Waals surface area contributed by atoms with Gasteiger partial charge in [-0.25, -0.2) is 0 Å². The van der Waals surface area contributed by atoms with Gasteiger partial charge >= 0.3 is 0 Å². The molecular formula is C12H13BrO. The number of hydrogen-bond donors (Lipinski definition) is 0. The molecule has 0 aromatic heterocycles. The fraction of sp³-hybridized carbons (Fsp3) is 0.417. The molecule has 0 unspecified atom stereocenters. The van der Waals surface area contributed by atoms with Gasteiger partial charge < -0.3 is 0 Å². The summed E-state index contributed by atoms with van der Waals surface area (Å²) in [7, 11) is 0. The Labute approximate surface area is 92.6 Å². The number of carbonyl (C=O) groups excluding carboxylic acids is 1. The summed E-state index contributed by atoms with van der Waals surface area (Å²) < 4.78 is 1.10. The van der Waals surface area contributed by atoms with Crippen LogP contribution < -0.4 is 0 Å². The molecule has 1 nitrogen and oxygen atoms in total. The minimum atomic E-state index is 0.313. The Balaban J connectivity index is 2.73. The van der Waals surface area contributed by atoms with Crippen LogP contribution in [0.3, 0.4) is 0 Å². The Kier molecular flexibility index (Phi) is 2.48. The molecule has 0 spiro atoms. The Morgan fingerprint density at radius 3 is 2.71 bits per heavy atom. The minimum absolute atomic E-state index is 0.313. The van der Waals surface area contributed by atoms with Crippen LogP contribution in [0.1, 0.15) is 39.9 Å². The van der Waals surface area contributed by atoms with Crippen molar-refractivity contribution < 1.29 is 4.79 Å². The topological polar surface area (TPSA) is 17.1 Å². The predicted molar refractivity (Wildman–Crippen MR) is 60.9 cm³/mol. The van der Waals surface area contributed by atoms with E-state index in [2.05, 4.69) is 28.9 Å². The molecule has 0 amide bonds. The first-order valence-corrected chi connectivity index (χ1v) is 5.72. The number of ketones is 1. The number of fused-ring (bicyclic) bond motifs is 1. The van der Waals surface area contributed by atoms with Crippen LogP contribution in [0, 0.1) is 13.8 Å². The van der Waals surface area contributed by atoms with Crippen molar-refractivity contribution in [1.29, 1.82) is 0 Å². The molecule has 1 aliphatic rings. The summed E-state index contributed by atoms with van der Waals surface area (Å²) in [6.07, 6.45) is 2.74. The van der Waals surface area contributed by atoms with Gasteiger partial charge in [0.05, 0.1) is 0 Å². The van der Waals surface area contributed by atoms with Crippen LogP contribution in [-0.4, -0.2) is 5.78 Å². The molecule has 14 heavy (non-hydrogen) atoms. The maximum Gasteiger partial charge on any atom is 0.163 e. The largest absolute Gasteiger partial charge is 0.294 e. The van der Waals surface area contributed by atoms with E-state index in [0.717, 1.165) is 28.4 Å². The number of benzene rings is 1. The van der Waals surface area contributed by atoms with E-state index in [-0.39, 0.29) is 0 Å². The third-order valence-corrected chi connectivity index (χ3v) is 3.72. The first-order chi connectivity index (χ1) is 6.61. The predicted octanol–water partition coefficient (Wildman–Crippen LogP) is 3.58. The Hall–Kier alpha value is -0.630. The summed E-state index contributed by atoms with van der Waals surface area (Å²) in [6.45, 7) is 4.10. The first kappa shape index (κ1) is 9.91. The van der Waals surface area contributed by atoms with Crippen molar-refractivity contribution >= 4 is 21.7 Å². The quantitative estimate of drug-likeness (QED) is 0.690. The lowest BCUT2D eigenvalue weighted by Gasteiger charge is -2.20. The standard InChI is InChI=1S/C12H13BrO/c1-7-6-10(13)9-4-3-5-11(14)12(9)8(7)2/h6H,3-5H2,1-2H3. The molecule has 0 bridgehead atoms. The Morgan fingerprint density at radius 2 is 2.00 bits per heavy atom. The molecule has 0 atom stereocenters. The van der Waals surface area contributed by atoms with Crippen molar-refractivity contribution in [3.8, 4) is 0 Å². The average Bonchev–Trinajstić information content (AvgIpc) is 2.14. The van der Waals surface area contributed by atoms with E-state index in [4.69, 9.17) is 0 Å². The van der Waals surface area contributed by atoms with Gasteiger partial charge in [-0.3, -0.25) is 4.79 Å². The monoisotopic (exact) mass is 252 g/mol. The van der Waals surface area contributed by atoms with Crippen molar-refractivity contribution in [3.63, 3.8) is 0 Å². The van der Waals surface area contributed by atoms with Crippen molar-refractivity contribution in [2.24, 2.45) is 0 Å². The highest BCUT2D eigenvalue weighted by Crippen LogP contribution is 2.32. The van der Waals surface area contributed by atoms with Gasteiger partial charge in [-0.15, -0.1) is 0 Å². The summed E-state index contributed by atoms with van der Waals surface area (Å²) in [5, 5.41) is 0. The van der Waals surface area contributed by atoms with E-state index in [1.165, 1.54) is 11.1 Å². The Bertz CT molecular complexity index is 407. The van der Waals surface area contributed by atoms with E-state index in [1.807, 2.05) is 6.92 Å². The number of carbonyl (C=O) groups is 1. The molecule has 1 aromatic rings. The molecule has 0 heterocycles. The van der Waals surface area contributed by atoms with E-state index in [0.29, 0.717) is 12.2 Å². The van der Waals surface area contributed by atoms with E-state index < -0.39 is 0 Å². The second-order valence-corrected chi connectivity index (χ2v) is 4.78. The molecule has 0 saturated carbocycles. The van der Waals surface area contributed by atoms with Crippen molar-refractivity contribution in [1.82, 2.24) is 0 Å². The zero-order chi connectivity index (χ0) is 10.3. The molecule has 2 heteroatoms. The van der Waals surface area contributed by atoms with Gasteiger partial charge in [0.25, 0.3) is 0 Å². The molecule has 0 saturated heterocycles. The molecule has 0 N–H and O–H groups in total. The zero-order valence-electron chi connectivity index (χ0n) is 8.48. The maximum absolute atomic E-state index is 11.8. The first-order valence-electron chi connectivity index (χ1n) is 4.93. The lowest BCUT2D eigenvalue weighted by Crippen LogP contribution is -2.14.